The van der Waals surface area contributed by atoms with Crippen molar-refractivity contribution in [3.63, 3.8) is 0 Å². The molecule has 3 N–H and O–H groups in total. The number of pyridine rings is 2. The first-order valence-corrected chi connectivity index (χ1v) is 9.61. The SMILES string of the molecule is Nc1ccc(Oc2ccc(-c3cc4n(c(=O)c3)C[C@@H]3CNC[C@H]4C3)cc2)nc1. The zero-order valence-electron chi connectivity index (χ0n) is 15.5. The predicted molar refractivity (Wildman–Crippen MR) is 109 cm³/mol. The van der Waals surface area contributed by atoms with E-state index in [1.807, 2.05) is 28.8 Å². The third-order valence-electron chi connectivity index (χ3n) is 5.63. The van der Waals surface area contributed by atoms with Gasteiger partial charge in [-0.25, -0.2) is 4.98 Å². The zero-order valence-corrected chi connectivity index (χ0v) is 15.5. The van der Waals surface area contributed by atoms with E-state index in [2.05, 4.69) is 16.4 Å². The van der Waals surface area contributed by atoms with Crippen molar-refractivity contribution in [3.8, 4) is 22.8 Å². The number of fused-ring (bicyclic) bond motifs is 4. The van der Waals surface area contributed by atoms with Crippen LogP contribution in [0.4, 0.5) is 5.69 Å². The topological polar surface area (TPSA) is 82.2 Å². The Balaban J connectivity index is 1.43. The molecule has 4 heterocycles. The molecule has 2 aromatic heterocycles. The normalized spacial score (nSPS) is 20.4. The highest BCUT2D eigenvalue weighted by Crippen LogP contribution is 2.34. The van der Waals surface area contributed by atoms with Crippen molar-refractivity contribution in [1.82, 2.24) is 14.9 Å². The Bertz CT molecular complexity index is 1060. The Morgan fingerprint density at radius 1 is 1.07 bits per heavy atom. The smallest absolute Gasteiger partial charge is 0.251 e. The van der Waals surface area contributed by atoms with Crippen molar-refractivity contribution in [2.24, 2.45) is 5.92 Å². The van der Waals surface area contributed by atoms with Crippen molar-refractivity contribution in [2.75, 3.05) is 18.8 Å². The van der Waals surface area contributed by atoms with E-state index in [-0.39, 0.29) is 5.56 Å². The Morgan fingerprint density at radius 2 is 1.93 bits per heavy atom. The van der Waals surface area contributed by atoms with Crippen molar-refractivity contribution in [1.29, 1.82) is 0 Å². The van der Waals surface area contributed by atoms with E-state index in [0.717, 1.165) is 42.9 Å². The third kappa shape index (κ3) is 3.16. The molecule has 1 aromatic carbocycles. The largest absolute Gasteiger partial charge is 0.439 e. The van der Waals surface area contributed by atoms with Crippen LogP contribution in [0, 0.1) is 5.92 Å². The molecule has 2 aliphatic rings. The summed E-state index contributed by atoms with van der Waals surface area (Å²) in [4.78, 5) is 16.9. The van der Waals surface area contributed by atoms with Gasteiger partial charge in [-0.05, 0) is 54.3 Å². The van der Waals surface area contributed by atoms with Gasteiger partial charge in [-0.3, -0.25) is 4.79 Å². The summed E-state index contributed by atoms with van der Waals surface area (Å²) in [7, 11) is 0. The maximum Gasteiger partial charge on any atom is 0.251 e. The lowest BCUT2D eigenvalue weighted by Crippen LogP contribution is -2.44. The second-order valence-corrected chi connectivity index (χ2v) is 7.63. The van der Waals surface area contributed by atoms with Crippen molar-refractivity contribution in [2.45, 2.75) is 18.9 Å². The van der Waals surface area contributed by atoms with E-state index >= 15 is 0 Å². The lowest BCUT2D eigenvalue weighted by atomic mass is 9.83. The summed E-state index contributed by atoms with van der Waals surface area (Å²) in [6.07, 6.45) is 2.73. The van der Waals surface area contributed by atoms with Crippen LogP contribution < -0.4 is 21.3 Å². The molecule has 28 heavy (non-hydrogen) atoms. The molecule has 1 saturated heterocycles. The molecular weight excluding hydrogens is 352 g/mol. The molecule has 5 rings (SSSR count). The number of ether oxygens (including phenoxy) is 1. The summed E-state index contributed by atoms with van der Waals surface area (Å²) in [6.45, 7) is 2.77. The van der Waals surface area contributed by atoms with Gasteiger partial charge in [-0.2, -0.15) is 0 Å². The molecule has 2 atom stereocenters. The number of aromatic nitrogens is 2. The van der Waals surface area contributed by atoms with Gasteiger partial charge in [0.25, 0.3) is 5.56 Å². The average molecular weight is 374 g/mol. The first-order chi connectivity index (χ1) is 13.7. The highest BCUT2D eigenvalue weighted by Gasteiger charge is 2.31. The van der Waals surface area contributed by atoms with Crippen LogP contribution in [0.2, 0.25) is 0 Å². The van der Waals surface area contributed by atoms with E-state index in [0.29, 0.717) is 29.2 Å². The molecule has 0 radical (unpaired) electrons. The number of benzene rings is 1. The maximum absolute atomic E-state index is 12.7. The number of hydrogen-bond donors (Lipinski definition) is 2. The highest BCUT2D eigenvalue weighted by atomic mass is 16.5. The van der Waals surface area contributed by atoms with Gasteiger partial charge in [0.15, 0.2) is 0 Å². The summed E-state index contributed by atoms with van der Waals surface area (Å²) >= 11 is 0. The van der Waals surface area contributed by atoms with E-state index < -0.39 is 0 Å². The molecule has 1 fully saturated rings. The van der Waals surface area contributed by atoms with Crippen molar-refractivity contribution < 1.29 is 4.74 Å². The van der Waals surface area contributed by atoms with Gasteiger partial charge in [-0.15, -0.1) is 0 Å². The van der Waals surface area contributed by atoms with E-state index in [4.69, 9.17) is 10.5 Å². The summed E-state index contributed by atoms with van der Waals surface area (Å²) in [5, 5.41) is 3.49. The number of nitrogens with one attached hydrogen (secondary N) is 1. The van der Waals surface area contributed by atoms with Crippen molar-refractivity contribution in [3.05, 3.63) is 70.8 Å². The molecule has 0 saturated carbocycles. The number of nitrogens with zero attached hydrogens (tertiary/aromatic N) is 2. The van der Waals surface area contributed by atoms with Crippen LogP contribution in [0.3, 0.4) is 0 Å². The molecule has 0 unspecified atom stereocenters. The molecule has 6 heteroatoms. The number of nitrogens with two attached hydrogens (primary N) is 1. The molecule has 3 aromatic rings. The summed E-state index contributed by atoms with van der Waals surface area (Å²) in [5.41, 5.74) is 9.45. The van der Waals surface area contributed by atoms with Crippen LogP contribution >= 0.6 is 0 Å². The zero-order chi connectivity index (χ0) is 19.1. The van der Waals surface area contributed by atoms with E-state index in [9.17, 15) is 4.79 Å². The summed E-state index contributed by atoms with van der Waals surface area (Å²) in [6, 6.07) is 15.1. The first kappa shape index (κ1) is 17.0. The minimum Gasteiger partial charge on any atom is -0.439 e. The van der Waals surface area contributed by atoms with E-state index in [1.54, 1.807) is 24.4 Å². The van der Waals surface area contributed by atoms with Gasteiger partial charge >= 0.3 is 0 Å². The van der Waals surface area contributed by atoms with Gasteiger partial charge < -0.3 is 20.4 Å². The van der Waals surface area contributed by atoms with Crippen LogP contribution in [0.1, 0.15) is 18.0 Å². The fourth-order valence-electron chi connectivity index (χ4n) is 4.26. The number of nitrogen functional groups attached to an aromatic ring is 1. The van der Waals surface area contributed by atoms with Gasteiger partial charge in [0.2, 0.25) is 5.88 Å². The second-order valence-electron chi connectivity index (χ2n) is 7.63. The predicted octanol–water partition coefficient (Wildman–Crippen LogP) is 2.99. The van der Waals surface area contributed by atoms with Gasteiger partial charge in [0, 0.05) is 36.8 Å². The fourth-order valence-corrected chi connectivity index (χ4v) is 4.26. The monoisotopic (exact) mass is 374 g/mol. The van der Waals surface area contributed by atoms with Gasteiger partial charge in [0.05, 0.1) is 11.9 Å². The molecule has 0 aliphatic carbocycles. The molecule has 2 aliphatic heterocycles. The Labute approximate surface area is 163 Å². The molecule has 0 spiro atoms. The Morgan fingerprint density at radius 3 is 2.71 bits per heavy atom. The molecule has 0 amide bonds. The molecule has 2 bridgehead atoms. The van der Waals surface area contributed by atoms with Crippen LogP contribution in [-0.2, 0) is 6.54 Å². The van der Waals surface area contributed by atoms with Crippen molar-refractivity contribution >= 4 is 5.69 Å². The lowest BCUT2D eigenvalue weighted by Gasteiger charge is -2.37. The minimum absolute atomic E-state index is 0.0931. The molecular formula is C22H22N4O2. The average Bonchev–Trinajstić information content (AvgIpc) is 2.71. The Hall–Kier alpha value is -3.12. The number of anilines is 1. The maximum atomic E-state index is 12.7. The van der Waals surface area contributed by atoms with Crippen LogP contribution in [0.25, 0.3) is 11.1 Å². The molecule has 6 nitrogen and oxygen atoms in total. The highest BCUT2D eigenvalue weighted by molar-refractivity contribution is 5.64. The lowest BCUT2D eigenvalue weighted by molar-refractivity contribution is 0.257. The van der Waals surface area contributed by atoms with Crippen LogP contribution in [0.15, 0.2) is 59.5 Å². The van der Waals surface area contributed by atoms with Crippen LogP contribution in [0.5, 0.6) is 11.6 Å². The Kier molecular flexibility index (Phi) is 4.13. The standard InChI is InChI=1S/C22H22N4O2/c23-18-3-6-21(25-12-18)28-19-4-1-15(2-5-19)16-8-20-17-7-14(10-24-11-17)13-26(20)22(27)9-16/h1-6,8-9,12,14,17,24H,7,10-11,13,23H2/t14-,17+/m0/s1. The summed E-state index contributed by atoms with van der Waals surface area (Å²) in [5.74, 6) is 2.16. The first-order valence-electron chi connectivity index (χ1n) is 9.61. The van der Waals surface area contributed by atoms with E-state index in [1.165, 1.54) is 0 Å². The van der Waals surface area contributed by atoms with Gasteiger partial charge in [0.1, 0.15) is 5.75 Å². The second kappa shape index (κ2) is 6.80. The van der Waals surface area contributed by atoms with Crippen LogP contribution in [-0.4, -0.2) is 22.6 Å². The fraction of sp³-hybridized carbons (Fsp3) is 0.273. The quantitative estimate of drug-likeness (QED) is 0.736. The summed E-state index contributed by atoms with van der Waals surface area (Å²) < 4.78 is 7.72. The third-order valence-corrected chi connectivity index (χ3v) is 5.63. The minimum atomic E-state index is 0.0931. The number of rotatable bonds is 3. The number of hydrogen-bond acceptors (Lipinski definition) is 5. The van der Waals surface area contributed by atoms with Gasteiger partial charge in [-0.1, -0.05) is 12.1 Å². The number of piperidine rings is 1. The molecule has 142 valence electrons.